The van der Waals surface area contributed by atoms with Crippen LogP contribution in [0.1, 0.15) is 86.1 Å². The molecule has 5 heteroatoms. The van der Waals surface area contributed by atoms with Crippen molar-refractivity contribution in [2.24, 2.45) is 9.98 Å². The second kappa shape index (κ2) is 11.3. The predicted molar refractivity (Wildman–Crippen MR) is 159 cm³/mol. The summed E-state index contributed by atoms with van der Waals surface area (Å²) in [4.78, 5) is 8.93. The van der Waals surface area contributed by atoms with Crippen molar-refractivity contribution in [1.82, 2.24) is 10.6 Å². The molecule has 2 heterocycles. The number of aliphatic imine (C=N–C) groups is 2. The number of benzene rings is 2. The maximum absolute atomic E-state index is 10.5. The Labute approximate surface area is 224 Å². The van der Waals surface area contributed by atoms with Crippen molar-refractivity contribution < 1.29 is 5.11 Å². The monoisotopic (exact) mass is 504 g/mol. The van der Waals surface area contributed by atoms with Gasteiger partial charge in [0.1, 0.15) is 17.4 Å². The van der Waals surface area contributed by atoms with E-state index >= 15 is 0 Å². The van der Waals surface area contributed by atoms with Crippen LogP contribution >= 0.6 is 0 Å². The van der Waals surface area contributed by atoms with E-state index < -0.39 is 0 Å². The van der Waals surface area contributed by atoms with E-state index in [0.717, 1.165) is 61.8 Å². The molecule has 0 spiro atoms. The van der Waals surface area contributed by atoms with Crippen LogP contribution in [-0.4, -0.2) is 43.0 Å². The van der Waals surface area contributed by atoms with Gasteiger partial charge in [-0.1, -0.05) is 59.7 Å². The fraction of sp³-hybridized carbons (Fsp3) is 0.562. The third-order valence-electron chi connectivity index (χ3n) is 7.45. The highest BCUT2D eigenvalue weighted by atomic mass is 16.3. The first kappa shape index (κ1) is 28.7. The smallest absolute Gasteiger partial charge is 0.122 e. The van der Waals surface area contributed by atoms with Crippen LogP contribution in [0.2, 0.25) is 0 Å². The van der Waals surface area contributed by atoms with Gasteiger partial charge in [-0.2, -0.15) is 0 Å². The molecule has 202 valence electrons. The third kappa shape index (κ3) is 7.15. The second-order valence-electron chi connectivity index (χ2n) is 12.6. The van der Waals surface area contributed by atoms with Crippen LogP contribution in [-0.2, 0) is 23.7 Å². The van der Waals surface area contributed by atoms with Gasteiger partial charge in [-0.05, 0) is 83.0 Å². The zero-order valence-electron chi connectivity index (χ0n) is 24.8. The van der Waals surface area contributed by atoms with Crippen molar-refractivity contribution in [1.29, 1.82) is 0 Å². The van der Waals surface area contributed by atoms with Crippen molar-refractivity contribution in [3.8, 4) is 5.75 Å². The van der Waals surface area contributed by atoms with Crippen molar-refractivity contribution in [2.75, 3.05) is 26.2 Å². The molecule has 5 nitrogen and oxygen atoms in total. The average molecular weight is 505 g/mol. The van der Waals surface area contributed by atoms with Crippen LogP contribution < -0.4 is 10.6 Å². The van der Waals surface area contributed by atoms with E-state index in [4.69, 9.17) is 0 Å². The molecule has 0 atom stereocenters. The Morgan fingerprint density at radius 1 is 0.703 bits per heavy atom. The molecular formula is C32H48N4O. The van der Waals surface area contributed by atoms with E-state index in [0.29, 0.717) is 5.75 Å². The van der Waals surface area contributed by atoms with Gasteiger partial charge >= 0.3 is 0 Å². The van der Waals surface area contributed by atoms with E-state index in [1.807, 2.05) is 6.92 Å². The van der Waals surface area contributed by atoms with Gasteiger partial charge in [-0.15, -0.1) is 0 Å². The molecule has 0 aromatic heterocycles. The molecule has 2 aromatic rings. The van der Waals surface area contributed by atoms with Gasteiger partial charge < -0.3 is 15.7 Å². The summed E-state index contributed by atoms with van der Waals surface area (Å²) in [5.41, 5.74) is 10.2. The summed E-state index contributed by atoms with van der Waals surface area (Å²) in [6.45, 7) is 25.4. The minimum Gasteiger partial charge on any atom is -0.507 e. The van der Waals surface area contributed by atoms with Crippen LogP contribution in [0, 0.1) is 27.7 Å². The van der Waals surface area contributed by atoms with Gasteiger partial charge in [0.2, 0.25) is 0 Å². The summed E-state index contributed by atoms with van der Waals surface area (Å²) in [7, 11) is 0. The standard InChI is InChI=1S/C16H24N2O.C16H24N2/c1-10-8-13(16(3,4)5)15(19)11(2)12(10)9-14-17-6-7-18-14;1-11-8-13(16(3,4)5)9-12(2)14(11)10-15-17-6-7-18-15/h8,19H,6-7,9H2,1-5H3,(H,17,18);8-9H,6-7,10H2,1-5H3,(H,17,18). The molecule has 37 heavy (non-hydrogen) atoms. The Hall–Kier alpha value is -2.82. The van der Waals surface area contributed by atoms with Gasteiger partial charge in [-0.3, -0.25) is 9.98 Å². The predicted octanol–water partition coefficient (Wildman–Crippen LogP) is 6.00. The minimum atomic E-state index is -0.0404. The summed E-state index contributed by atoms with van der Waals surface area (Å²) >= 11 is 0. The van der Waals surface area contributed by atoms with Crippen molar-refractivity contribution >= 4 is 11.7 Å². The number of hydrogen-bond donors (Lipinski definition) is 3. The van der Waals surface area contributed by atoms with Gasteiger partial charge in [-0.25, -0.2) is 0 Å². The van der Waals surface area contributed by atoms with Crippen molar-refractivity contribution in [3.63, 3.8) is 0 Å². The number of phenols is 1. The first-order valence-corrected chi connectivity index (χ1v) is 13.7. The summed E-state index contributed by atoms with van der Waals surface area (Å²) in [5.74, 6) is 2.62. The summed E-state index contributed by atoms with van der Waals surface area (Å²) < 4.78 is 0. The van der Waals surface area contributed by atoms with E-state index in [-0.39, 0.29) is 10.8 Å². The minimum absolute atomic E-state index is 0.0404. The number of nitrogens with zero attached hydrogens (tertiary/aromatic N) is 2. The highest BCUT2D eigenvalue weighted by molar-refractivity contribution is 5.87. The van der Waals surface area contributed by atoms with Gasteiger partial charge in [0.05, 0.1) is 13.1 Å². The van der Waals surface area contributed by atoms with Crippen LogP contribution in [0.5, 0.6) is 5.75 Å². The fourth-order valence-corrected chi connectivity index (χ4v) is 5.03. The summed E-state index contributed by atoms with van der Waals surface area (Å²) in [5, 5.41) is 17.1. The molecule has 0 unspecified atom stereocenters. The molecular weight excluding hydrogens is 456 g/mol. The van der Waals surface area contributed by atoms with Gasteiger partial charge in [0, 0.05) is 25.9 Å². The van der Waals surface area contributed by atoms with Crippen LogP contribution in [0.25, 0.3) is 0 Å². The fourth-order valence-electron chi connectivity index (χ4n) is 5.03. The lowest BCUT2D eigenvalue weighted by Crippen LogP contribution is -2.22. The van der Waals surface area contributed by atoms with Crippen molar-refractivity contribution in [2.45, 2.75) is 92.9 Å². The molecule has 2 aliphatic rings. The highest BCUT2D eigenvalue weighted by Crippen LogP contribution is 2.36. The second-order valence-corrected chi connectivity index (χ2v) is 12.6. The number of aromatic hydroxyl groups is 1. The molecule has 0 aliphatic carbocycles. The number of nitrogens with one attached hydrogen (secondary N) is 2. The number of rotatable bonds is 4. The van der Waals surface area contributed by atoms with E-state index in [1.165, 1.54) is 33.4 Å². The number of amidine groups is 2. The lowest BCUT2D eigenvalue weighted by Gasteiger charge is -2.24. The highest BCUT2D eigenvalue weighted by Gasteiger charge is 2.23. The number of aryl methyl sites for hydroxylation is 3. The maximum atomic E-state index is 10.5. The zero-order chi connectivity index (χ0) is 27.5. The normalized spacial score (nSPS) is 15.4. The van der Waals surface area contributed by atoms with E-state index in [9.17, 15) is 5.11 Å². The van der Waals surface area contributed by atoms with Crippen LogP contribution in [0.3, 0.4) is 0 Å². The van der Waals surface area contributed by atoms with Gasteiger partial charge in [0.25, 0.3) is 0 Å². The number of phenolic OH excluding ortho intramolecular Hbond substituents is 1. The van der Waals surface area contributed by atoms with Crippen LogP contribution in [0.4, 0.5) is 0 Å². The Balaban J connectivity index is 0.000000206. The lowest BCUT2D eigenvalue weighted by atomic mass is 9.82. The molecule has 0 amide bonds. The molecule has 2 aromatic carbocycles. The maximum Gasteiger partial charge on any atom is 0.122 e. The Morgan fingerprint density at radius 3 is 1.57 bits per heavy atom. The third-order valence-corrected chi connectivity index (χ3v) is 7.45. The first-order chi connectivity index (χ1) is 17.2. The molecule has 0 radical (unpaired) electrons. The average Bonchev–Trinajstić information content (AvgIpc) is 3.49. The largest absolute Gasteiger partial charge is 0.507 e. The van der Waals surface area contributed by atoms with Gasteiger partial charge in [0.15, 0.2) is 0 Å². The Kier molecular flexibility index (Phi) is 8.77. The number of hydrogen-bond acceptors (Lipinski definition) is 5. The Bertz CT molecular complexity index is 1170. The van der Waals surface area contributed by atoms with Crippen molar-refractivity contribution in [3.05, 3.63) is 62.7 Å². The molecule has 0 saturated heterocycles. The summed E-state index contributed by atoms with van der Waals surface area (Å²) in [6, 6.07) is 6.78. The molecule has 0 saturated carbocycles. The quantitative estimate of drug-likeness (QED) is 0.479. The molecule has 0 bridgehead atoms. The Morgan fingerprint density at radius 2 is 1.16 bits per heavy atom. The van der Waals surface area contributed by atoms with E-state index in [1.54, 1.807) is 0 Å². The molecule has 2 aliphatic heterocycles. The van der Waals surface area contributed by atoms with E-state index in [2.05, 4.69) is 101 Å². The SMILES string of the molecule is Cc1cc(C(C)(C)C)c(O)c(C)c1CC1=NCCN1.Cc1cc(C(C)(C)C)cc(C)c1CC1=NCCN1. The molecule has 0 fully saturated rings. The summed E-state index contributed by atoms with van der Waals surface area (Å²) in [6.07, 6.45) is 1.73. The van der Waals surface area contributed by atoms with Crippen LogP contribution in [0.15, 0.2) is 28.2 Å². The first-order valence-electron chi connectivity index (χ1n) is 13.7. The zero-order valence-corrected chi connectivity index (χ0v) is 24.8. The molecule has 3 N–H and O–H groups in total. The topological polar surface area (TPSA) is 69.0 Å². The molecule has 4 rings (SSSR count). The lowest BCUT2D eigenvalue weighted by molar-refractivity contribution is 0.442.